The number of rotatable bonds is 6. The summed E-state index contributed by atoms with van der Waals surface area (Å²) < 4.78 is 32.0. The molecule has 1 amide bonds. The quantitative estimate of drug-likeness (QED) is 0.637. The summed E-state index contributed by atoms with van der Waals surface area (Å²) in [5.41, 5.74) is 0.815. The molecule has 30 heavy (non-hydrogen) atoms. The van der Waals surface area contributed by atoms with E-state index in [1.807, 2.05) is 6.07 Å². The third-order valence-electron chi connectivity index (χ3n) is 4.59. The van der Waals surface area contributed by atoms with Crippen LogP contribution in [0.25, 0.3) is 6.08 Å². The third kappa shape index (κ3) is 5.39. The first-order valence-corrected chi connectivity index (χ1v) is 11.0. The molecule has 1 aliphatic rings. The molecule has 2 aromatic carbocycles. The van der Waals surface area contributed by atoms with Gasteiger partial charge in [0.15, 0.2) is 6.61 Å². The highest BCUT2D eigenvalue weighted by atomic mass is 35.5. The lowest BCUT2D eigenvalue weighted by molar-refractivity contribution is -0.127. The number of nitrogens with zero attached hydrogens (tertiary/aromatic N) is 3. The predicted molar refractivity (Wildman–Crippen MR) is 113 cm³/mol. The van der Waals surface area contributed by atoms with Gasteiger partial charge in [0.25, 0.3) is 0 Å². The summed E-state index contributed by atoms with van der Waals surface area (Å²) in [6.45, 7) is 1.04. The molecule has 0 aromatic heterocycles. The second-order valence-corrected chi connectivity index (χ2v) is 8.91. The Morgan fingerprint density at radius 3 is 2.47 bits per heavy atom. The minimum atomic E-state index is -3.64. The predicted octanol–water partition coefficient (Wildman–Crippen LogP) is 2.79. The number of sulfonamides is 1. The van der Waals surface area contributed by atoms with E-state index in [0.29, 0.717) is 23.9 Å². The van der Waals surface area contributed by atoms with E-state index in [4.69, 9.17) is 21.6 Å². The zero-order chi connectivity index (χ0) is 21.6. The Kier molecular flexibility index (Phi) is 7.11. The number of carbonyl (C=O) groups is 1. The first-order chi connectivity index (χ1) is 14.4. The molecule has 1 aliphatic heterocycles. The van der Waals surface area contributed by atoms with E-state index in [1.54, 1.807) is 47.4 Å². The van der Waals surface area contributed by atoms with Crippen molar-refractivity contribution in [3.8, 4) is 11.8 Å². The van der Waals surface area contributed by atoms with Gasteiger partial charge in [0.05, 0.1) is 4.90 Å². The number of piperazine rings is 1. The van der Waals surface area contributed by atoms with Crippen molar-refractivity contribution in [2.75, 3.05) is 32.8 Å². The van der Waals surface area contributed by atoms with Crippen LogP contribution in [0.3, 0.4) is 0 Å². The lowest BCUT2D eigenvalue weighted by Crippen LogP contribution is -2.50. The number of hydrogen-bond donors (Lipinski definition) is 0. The van der Waals surface area contributed by atoms with Gasteiger partial charge in [-0.3, -0.25) is 4.79 Å². The fourth-order valence-corrected chi connectivity index (χ4v) is 4.71. The molecule has 0 aliphatic carbocycles. The van der Waals surface area contributed by atoms with Crippen molar-refractivity contribution in [3.63, 3.8) is 0 Å². The molecular formula is C21H20ClN3O4S. The van der Waals surface area contributed by atoms with Crippen molar-refractivity contribution < 1.29 is 17.9 Å². The Balaban J connectivity index is 1.56. The molecule has 1 fully saturated rings. The summed E-state index contributed by atoms with van der Waals surface area (Å²) in [5, 5.41) is 8.87. The van der Waals surface area contributed by atoms with E-state index >= 15 is 0 Å². The van der Waals surface area contributed by atoms with Gasteiger partial charge >= 0.3 is 0 Å². The van der Waals surface area contributed by atoms with E-state index in [2.05, 4.69) is 0 Å². The Bertz CT molecular complexity index is 1070. The first-order valence-electron chi connectivity index (χ1n) is 9.23. The molecule has 0 atom stereocenters. The summed E-state index contributed by atoms with van der Waals surface area (Å²) in [4.78, 5) is 14.2. The van der Waals surface area contributed by atoms with E-state index in [0.717, 1.165) is 5.56 Å². The van der Waals surface area contributed by atoms with Crippen LogP contribution in [0.1, 0.15) is 5.56 Å². The maximum atomic E-state index is 12.7. The van der Waals surface area contributed by atoms with Crippen LogP contribution in [-0.2, 0) is 14.8 Å². The summed E-state index contributed by atoms with van der Waals surface area (Å²) in [5.74, 6) is 0.400. The van der Waals surface area contributed by atoms with Crippen LogP contribution in [0.2, 0.25) is 5.02 Å². The third-order valence-corrected chi connectivity index (χ3v) is 6.72. The van der Waals surface area contributed by atoms with E-state index in [-0.39, 0.29) is 30.5 Å². The topological polar surface area (TPSA) is 90.7 Å². The number of ether oxygens (including phenoxy) is 1. The number of hydrogen-bond acceptors (Lipinski definition) is 5. The highest BCUT2D eigenvalue weighted by molar-refractivity contribution is 7.89. The Labute approximate surface area is 180 Å². The van der Waals surface area contributed by atoms with Gasteiger partial charge in [-0.2, -0.15) is 9.57 Å². The standard InChI is InChI=1S/C21H20ClN3O4S/c22-18-2-1-3-20(16-18)30(27,28)25-13-11-24(12-14-25)21(26)9-6-17-4-7-19(8-5-17)29-15-10-23/h1-9,16H,11-15H2/b9-6+. The van der Waals surface area contributed by atoms with E-state index in [9.17, 15) is 13.2 Å². The molecule has 0 radical (unpaired) electrons. The van der Waals surface area contributed by atoms with Crippen LogP contribution in [0.5, 0.6) is 5.75 Å². The monoisotopic (exact) mass is 445 g/mol. The number of halogens is 1. The van der Waals surface area contributed by atoms with Crippen LogP contribution in [0.4, 0.5) is 0 Å². The van der Waals surface area contributed by atoms with Crippen molar-refractivity contribution in [2.24, 2.45) is 0 Å². The average Bonchev–Trinajstić information content (AvgIpc) is 2.77. The molecule has 1 saturated heterocycles. The maximum absolute atomic E-state index is 12.7. The molecular weight excluding hydrogens is 426 g/mol. The molecule has 1 heterocycles. The van der Waals surface area contributed by atoms with Crippen LogP contribution >= 0.6 is 11.6 Å². The van der Waals surface area contributed by atoms with Crippen molar-refractivity contribution in [1.29, 1.82) is 5.26 Å². The van der Waals surface area contributed by atoms with Crippen LogP contribution in [-0.4, -0.2) is 56.3 Å². The lowest BCUT2D eigenvalue weighted by atomic mass is 10.2. The highest BCUT2D eigenvalue weighted by Crippen LogP contribution is 2.21. The number of nitriles is 1. The summed E-state index contributed by atoms with van der Waals surface area (Å²) in [6, 6.07) is 15.1. The van der Waals surface area contributed by atoms with Crippen LogP contribution in [0, 0.1) is 11.3 Å². The Hall–Kier alpha value is -2.86. The zero-order valence-electron chi connectivity index (χ0n) is 16.1. The SMILES string of the molecule is N#CCOc1ccc(/C=C/C(=O)N2CCN(S(=O)(=O)c3cccc(Cl)c3)CC2)cc1. The van der Waals surface area contributed by atoms with Gasteiger partial charge in [0, 0.05) is 37.3 Å². The zero-order valence-corrected chi connectivity index (χ0v) is 17.6. The minimum absolute atomic E-state index is 0.0211. The maximum Gasteiger partial charge on any atom is 0.246 e. The van der Waals surface area contributed by atoms with Gasteiger partial charge in [0.1, 0.15) is 11.8 Å². The smallest absolute Gasteiger partial charge is 0.246 e. The molecule has 0 saturated carbocycles. The molecule has 3 rings (SSSR count). The fourth-order valence-electron chi connectivity index (χ4n) is 2.99. The Morgan fingerprint density at radius 1 is 1.13 bits per heavy atom. The summed E-state index contributed by atoms with van der Waals surface area (Å²) in [6.07, 6.45) is 3.15. The van der Waals surface area contributed by atoms with Crippen LogP contribution in [0.15, 0.2) is 59.5 Å². The van der Waals surface area contributed by atoms with Crippen molar-refractivity contribution in [1.82, 2.24) is 9.21 Å². The Morgan fingerprint density at radius 2 is 1.83 bits per heavy atom. The van der Waals surface area contributed by atoms with Gasteiger partial charge in [0.2, 0.25) is 15.9 Å². The van der Waals surface area contributed by atoms with Gasteiger partial charge in [-0.05, 0) is 42.0 Å². The second kappa shape index (κ2) is 9.76. The summed E-state index contributed by atoms with van der Waals surface area (Å²) >= 11 is 5.91. The molecule has 0 bridgehead atoms. The summed E-state index contributed by atoms with van der Waals surface area (Å²) in [7, 11) is -3.64. The van der Waals surface area contributed by atoms with Gasteiger partial charge in [-0.15, -0.1) is 0 Å². The normalized spacial score (nSPS) is 15.1. The second-order valence-electron chi connectivity index (χ2n) is 6.54. The molecule has 0 unspecified atom stereocenters. The van der Waals surface area contributed by atoms with Crippen LogP contribution < -0.4 is 4.74 Å². The number of benzene rings is 2. The van der Waals surface area contributed by atoms with Crippen molar-refractivity contribution in [2.45, 2.75) is 4.90 Å². The fraction of sp³-hybridized carbons (Fsp3) is 0.238. The molecule has 0 spiro atoms. The largest absolute Gasteiger partial charge is 0.479 e. The number of amides is 1. The molecule has 7 nitrogen and oxygen atoms in total. The minimum Gasteiger partial charge on any atom is -0.479 e. The van der Waals surface area contributed by atoms with Gasteiger partial charge in [-0.25, -0.2) is 8.42 Å². The molecule has 156 valence electrons. The average molecular weight is 446 g/mol. The molecule has 9 heteroatoms. The number of carbonyl (C=O) groups excluding carboxylic acids is 1. The van der Waals surface area contributed by atoms with E-state index < -0.39 is 10.0 Å². The lowest BCUT2D eigenvalue weighted by Gasteiger charge is -2.33. The van der Waals surface area contributed by atoms with Crippen molar-refractivity contribution >= 4 is 33.6 Å². The van der Waals surface area contributed by atoms with E-state index in [1.165, 1.54) is 22.5 Å². The molecule has 2 aromatic rings. The van der Waals surface area contributed by atoms with Gasteiger partial charge in [-0.1, -0.05) is 29.8 Å². The molecule has 0 N–H and O–H groups in total. The van der Waals surface area contributed by atoms with Crippen molar-refractivity contribution in [3.05, 3.63) is 65.2 Å². The first kappa shape index (κ1) is 21.8. The van der Waals surface area contributed by atoms with Gasteiger partial charge < -0.3 is 9.64 Å². The highest BCUT2D eigenvalue weighted by Gasteiger charge is 2.29.